The van der Waals surface area contributed by atoms with Crippen LogP contribution in [-0.2, 0) is 14.0 Å². The monoisotopic (exact) mass is 418 g/mol. The predicted molar refractivity (Wildman–Crippen MR) is 117 cm³/mol. The number of nitrogens with zero attached hydrogens (tertiary/aromatic N) is 2. The quantitative estimate of drug-likeness (QED) is 0.726. The van der Waals surface area contributed by atoms with Gasteiger partial charge in [-0.2, -0.15) is 0 Å². The molecule has 2 fully saturated rings. The first-order valence-corrected chi connectivity index (χ1v) is 10.8. The van der Waals surface area contributed by atoms with Crippen molar-refractivity contribution in [1.29, 1.82) is 0 Å². The third-order valence-electron chi connectivity index (χ3n) is 5.98. The summed E-state index contributed by atoms with van der Waals surface area (Å²) in [6.07, 6.45) is 6.82. The molecule has 0 bridgehead atoms. The number of anilines is 1. The number of ether oxygens (including phenoxy) is 1. The minimum atomic E-state index is -0.480. The fourth-order valence-corrected chi connectivity index (χ4v) is 3.55. The van der Waals surface area contributed by atoms with Crippen LogP contribution in [0.2, 0.25) is 0 Å². The molecule has 8 nitrogen and oxygen atoms in total. The summed E-state index contributed by atoms with van der Waals surface area (Å²) in [5.74, 6) is 0.596. The first-order valence-electron chi connectivity index (χ1n) is 10.8. The van der Waals surface area contributed by atoms with Gasteiger partial charge in [0.25, 0.3) is 0 Å². The summed E-state index contributed by atoms with van der Waals surface area (Å²) in [5.41, 5.74) is -0.447. The molecule has 166 valence electrons. The van der Waals surface area contributed by atoms with Crippen LogP contribution < -0.4 is 16.1 Å². The van der Waals surface area contributed by atoms with Gasteiger partial charge in [-0.3, -0.25) is 0 Å². The van der Waals surface area contributed by atoms with Crippen molar-refractivity contribution >= 4 is 24.6 Å². The lowest BCUT2D eigenvalue weighted by molar-refractivity contribution is 0.00578. The van der Waals surface area contributed by atoms with E-state index >= 15 is 0 Å². The van der Waals surface area contributed by atoms with Gasteiger partial charge in [-0.25, -0.2) is 14.8 Å². The Morgan fingerprint density at radius 2 is 1.53 bits per heavy atom. The van der Waals surface area contributed by atoms with Gasteiger partial charge < -0.3 is 24.7 Å². The van der Waals surface area contributed by atoms with Crippen LogP contribution in [0.5, 0.6) is 0 Å². The first-order chi connectivity index (χ1) is 13.8. The average Bonchev–Trinajstić information content (AvgIpc) is 2.83. The van der Waals surface area contributed by atoms with Gasteiger partial charge in [0.05, 0.1) is 11.2 Å². The lowest BCUT2D eigenvalue weighted by Gasteiger charge is -2.32. The molecular weight excluding hydrogens is 383 g/mol. The Morgan fingerprint density at radius 3 is 2.03 bits per heavy atom. The Labute approximate surface area is 180 Å². The highest BCUT2D eigenvalue weighted by Crippen LogP contribution is 2.36. The summed E-state index contributed by atoms with van der Waals surface area (Å²) in [4.78, 5) is 20.8. The van der Waals surface area contributed by atoms with Crippen LogP contribution in [0.4, 0.5) is 10.7 Å². The van der Waals surface area contributed by atoms with Crippen molar-refractivity contribution in [2.24, 2.45) is 0 Å². The van der Waals surface area contributed by atoms with E-state index in [0.717, 1.165) is 31.1 Å². The van der Waals surface area contributed by atoms with E-state index in [-0.39, 0.29) is 29.4 Å². The number of nitrogens with one attached hydrogen (secondary N) is 2. The summed E-state index contributed by atoms with van der Waals surface area (Å²) >= 11 is 0. The zero-order valence-corrected chi connectivity index (χ0v) is 19.2. The average molecular weight is 418 g/mol. The van der Waals surface area contributed by atoms with Gasteiger partial charge >= 0.3 is 13.2 Å². The molecule has 1 aromatic rings. The molecule has 1 aromatic heterocycles. The Bertz CT molecular complexity index is 724. The highest BCUT2D eigenvalue weighted by molar-refractivity contribution is 6.61. The molecule has 0 spiro atoms. The third-order valence-corrected chi connectivity index (χ3v) is 5.98. The van der Waals surface area contributed by atoms with Crippen molar-refractivity contribution in [3.8, 4) is 0 Å². The summed E-state index contributed by atoms with van der Waals surface area (Å²) in [6.45, 7) is 13.7. The van der Waals surface area contributed by atoms with Crippen molar-refractivity contribution in [3.05, 3.63) is 12.4 Å². The highest BCUT2D eigenvalue weighted by Gasteiger charge is 2.52. The van der Waals surface area contributed by atoms with Gasteiger partial charge in [0.15, 0.2) is 0 Å². The topological polar surface area (TPSA) is 94.6 Å². The first kappa shape index (κ1) is 22.8. The number of aromatic nitrogens is 2. The maximum Gasteiger partial charge on any atom is 0.498 e. The zero-order valence-electron chi connectivity index (χ0n) is 19.2. The molecular formula is C21H35BN4O4. The van der Waals surface area contributed by atoms with E-state index in [9.17, 15) is 4.79 Å². The van der Waals surface area contributed by atoms with Crippen molar-refractivity contribution in [1.82, 2.24) is 15.3 Å². The third kappa shape index (κ3) is 5.63. The summed E-state index contributed by atoms with van der Waals surface area (Å²) < 4.78 is 17.4. The van der Waals surface area contributed by atoms with Crippen LogP contribution in [0.15, 0.2) is 12.4 Å². The van der Waals surface area contributed by atoms with Crippen LogP contribution in [0, 0.1) is 0 Å². The van der Waals surface area contributed by atoms with E-state index in [2.05, 4.69) is 20.6 Å². The largest absolute Gasteiger partial charge is 0.498 e. The lowest BCUT2D eigenvalue weighted by atomic mass is 9.81. The van der Waals surface area contributed by atoms with Gasteiger partial charge in [0, 0.05) is 29.9 Å². The normalized spacial score (nSPS) is 25.6. The van der Waals surface area contributed by atoms with Crippen LogP contribution >= 0.6 is 0 Å². The summed E-state index contributed by atoms with van der Waals surface area (Å²) in [6, 6.07) is 0.425. The molecule has 0 atom stereocenters. The van der Waals surface area contributed by atoms with E-state index in [1.54, 1.807) is 12.4 Å². The number of hydrogen-bond donors (Lipinski definition) is 2. The molecule has 1 aliphatic heterocycles. The van der Waals surface area contributed by atoms with E-state index in [4.69, 9.17) is 14.0 Å². The van der Waals surface area contributed by atoms with Gasteiger partial charge in [-0.15, -0.1) is 0 Å². The highest BCUT2D eigenvalue weighted by atomic mass is 16.7. The SMILES string of the molecule is CC(C)(C)OC(=O)NC1CCC(Nc2ncc(B3OC(C)(C)C(C)(C)O3)cn2)CC1. The van der Waals surface area contributed by atoms with Crippen LogP contribution in [0.3, 0.4) is 0 Å². The Hall–Kier alpha value is -1.87. The molecule has 2 N–H and O–H groups in total. The number of alkyl carbamates (subject to hydrolysis) is 1. The van der Waals surface area contributed by atoms with Crippen molar-refractivity contribution < 1.29 is 18.8 Å². The molecule has 1 saturated carbocycles. The molecule has 1 aliphatic carbocycles. The number of amides is 1. The smallest absolute Gasteiger partial charge is 0.444 e. The fourth-order valence-electron chi connectivity index (χ4n) is 3.55. The zero-order chi connectivity index (χ0) is 22.2. The van der Waals surface area contributed by atoms with E-state index < -0.39 is 12.7 Å². The molecule has 9 heteroatoms. The van der Waals surface area contributed by atoms with Crippen molar-refractivity contribution in [3.63, 3.8) is 0 Å². The minimum absolute atomic E-state index is 0.143. The van der Waals surface area contributed by atoms with Gasteiger partial charge in [-0.05, 0) is 74.1 Å². The van der Waals surface area contributed by atoms with Crippen LogP contribution in [0.25, 0.3) is 0 Å². The van der Waals surface area contributed by atoms with Crippen LogP contribution in [0.1, 0.15) is 74.1 Å². The minimum Gasteiger partial charge on any atom is -0.444 e. The van der Waals surface area contributed by atoms with Gasteiger partial charge in [0.1, 0.15) is 5.60 Å². The maximum absolute atomic E-state index is 11.9. The fraction of sp³-hybridized carbons (Fsp3) is 0.762. The summed E-state index contributed by atoms with van der Waals surface area (Å²) in [7, 11) is -0.460. The molecule has 0 unspecified atom stereocenters. The number of carbonyl (C=O) groups excluding carboxylic acids is 1. The number of carbonyl (C=O) groups is 1. The maximum atomic E-state index is 11.9. The number of hydrogen-bond acceptors (Lipinski definition) is 7. The molecule has 1 saturated heterocycles. The standard InChI is InChI=1S/C21H35BN4O4/c1-19(2,3)28-18(27)26-16-10-8-15(9-11-16)25-17-23-12-14(13-24-17)22-29-20(4,5)21(6,7)30-22/h12-13,15-16H,8-11H2,1-7H3,(H,26,27)(H,23,24,25). The second kappa shape index (κ2) is 8.34. The Kier molecular flexibility index (Phi) is 6.34. The molecule has 0 radical (unpaired) electrons. The number of rotatable bonds is 4. The molecule has 2 aliphatic rings. The van der Waals surface area contributed by atoms with Crippen LogP contribution in [-0.4, -0.2) is 52.1 Å². The predicted octanol–water partition coefficient (Wildman–Crippen LogP) is 3.02. The second-order valence-electron chi connectivity index (χ2n) is 10.3. The molecule has 1 amide bonds. The molecule has 3 rings (SSSR count). The summed E-state index contributed by atoms with van der Waals surface area (Å²) in [5, 5.41) is 6.36. The van der Waals surface area contributed by atoms with Crippen molar-refractivity contribution in [2.45, 2.75) is 103 Å². The Morgan fingerprint density at radius 1 is 1.03 bits per heavy atom. The molecule has 0 aromatic carbocycles. The lowest BCUT2D eigenvalue weighted by Crippen LogP contribution is -2.42. The van der Waals surface area contributed by atoms with E-state index in [1.165, 1.54) is 0 Å². The van der Waals surface area contributed by atoms with E-state index in [1.807, 2.05) is 48.5 Å². The van der Waals surface area contributed by atoms with Gasteiger partial charge in [-0.1, -0.05) is 0 Å². The van der Waals surface area contributed by atoms with Gasteiger partial charge in [0.2, 0.25) is 5.95 Å². The molecule has 30 heavy (non-hydrogen) atoms. The van der Waals surface area contributed by atoms with Crippen molar-refractivity contribution in [2.75, 3.05) is 5.32 Å². The molecule has 2 heterocycles. The Balaban J connectivity index is 1.47. The second-order valence-corrected chi connectivity index (χ2v) is 10.3. The van der Waals surface area contributed by atoms with E-state index in [0.29, 0.717) is 5.95 Å².